The van der Waals surface area contributed by atoms with Crippen molar-refractivity contribution < 1.29 is 19.1 Å². The highest BCUT2D eigenvalue weighted by Gasteiger charge is 2.58. The molecular formula is C16H11ClN2O5S2. The normalized spacial score (nSPS) is 24.4. The first-order valence-corrected chi connectivity index (χ1v) is 9.60. The first-order chi connectivity index (χ1) is 12.4. The van der Waals surface area contributed by atoms with Crippen LogP contribution in [0.5, 0.6) is 0 Å². The van der Waals surface area contributed by atoms with Crippen LogP contribution in [0.25, 0.3) is 0 Å². The highest BCUT2D eigenvalue weighted by molar-refractivity contribution is 8.00. The number of imide groups is 1. The summed E-state index contributed by atoms with van der Waals surface area (Å²) in [6.45, 7) is 0. The predicted octanol–water partition coefficient (Wildman–Crippen LogP) is 2.01. The summed E-state index contributed by atoms with van der Waals surface area (Å²) in [5.74, 6) is -3.47. The minimum Gasteiger partial charge on any atom is -0.469 e. The molecule has 1 aromatic heterocycles. The Morgan fingerprint density at radius 1 is 1.19 bits per heavy atom. The first-order valence-electron chi connectivity index (χ1n) is 7.53. The molecule has 1 N–H and O–H groups in total. The van der Waals surface area contributed by atoms with Crippen LogP contribution in [0.2, 0.25) is 5.02 Å². The molecule has 3 heterocycles. The molecule has 1 fully saturated rings. The monoisotopic (exact) mass is 410 g/mol. The third-order valence-corrected chi connectivity index (χ3v) is 7.02. The summed E-state index contributed by atoms with van der Waals surface area (Å²) in [6, 6.07) is 6.31. The molecule has 0 saturated carbocycles. The number of ether oxygens (including phenoxy) is 1. The smallest absolute Gasteiger partial charge is 0.314 e. The number of nitrogens with one attached hydrogen (secondary N) is 1. The molecular weight excluding hydrogens is 400 g/mol. The van der Waals surface area contributed by atoms with Gasteiger partial charge in [0.2, 0.25) is 11.8 Å². The fourth-order valence-electron chi connectivity index (χ4n) is 3.24. The lowest BCUT2D eigenvalue weighted by atomic mass is 9.89. The Hall–Kier alpha value is -2.10. The molecule has 0 unspecified atom stereocenters. The number of carbonyl (C=O) groups is 3. The number of carbonyl (C=O) groups excluding carboxylic acids is 3. The Morgan fingerprint density at radius 3 is 2.54 bits per heavy atom. The molecule has 7 nitrogen and oxygen atoms in total. The molecule has 2 aromatic rings. The lowest BCUT2D eigenvalue weighted by molar-refractivity contribution is -0.145. The van der Waals surface area contributed by atoms with E-state index in [1.807, 2.05) is 0 Å². The zero-order chi connectivity index (χ0) is 18.6. The van der Waals surface area contributed by atoms with Crippen molar-refractivity contribution in [2.75, 3.05) is 12.0 Å². The Kier molecular flexibility index (Phi) is 4.17. The summed E-state index contributed by atoms with van der Waals surface area (Å²) >= 11 is 7.83. The number of esters is 1. The number of fused-ring (bicyclic) bond motifs is 2. The van der Waals surface area contributed by atoms with Crippen LogP contribution < -0.4 is 9.77 Å². The van der Waals surface area contributed by atoms with E-state index in [0.29, 0.717) is 20.6 Å². The number of hydrogen-bond donors (Lipinski definition) is 1. The van der Waals surface area contributed by atoms with E-state index in [-0.39, 0.29) is 4.87 Å². The lowest BCUT2D eigenvalue weighted by Gasteiger charge is -2.27. The van der Waals surface area contributed by atoms with E-state index in [4.69, 9.17) is 16.3 Å². The van der Waals surface area contributed by atoms with Crippen LogP contribution in [0, 0.1) is 5.92 Å². The summed E-state index contributed by atoms with van der Waals surface area (Å²) in [7, 11) is 1.21. The molecule has 4 rings (SSSR count). The minimum atomic E-state index is -0.987. The van der Waals surface area contributed by atoms with Gasteiger partial charge in [0.25, 0.3) is 0 Å². The number of thiazole rings is 1. The zero-order valence-corrected chi connectivity index (χ0v) is 15.6. The van der Waals surface area contributed by atoms with Crippen LogP contribution >= 0.6 is 34.7 Å². The SMILES string of the molecule is COC(=O)[C@H]1c2sc(=O)[nH]c2S[C@@H]2C(=O)N(c3ccc(Cl)cc3)C(=O)[C@@H]21. The van der Waals surface area contributed by atoms with Crippen molar-refractivity contribution in [2.24, 2.45) is 5.92 Å². The standard InChI is InChI=1S/C16H11ClN2O5S2/c1-24-15(22)9-8-11(25-12-10(9)26-16(23)18-12)14(21)19(13(8)20)7-4-2-6(17)3-5-7/h2-5,8-9,11H,1H3,(H,18,23)/t8-,9-,11+/m1/s1. The van der Waals surface area contributed by atoms with Crippen LogP contribution in [0.4, 0.5) is 5.69 Å². The highest BCUT2D eigenvalue weighted by Crippen LogP contribution is 2.51. The molecule has 0 spiro atoms. The second kappa shape index (κ2) is 6.26. The largest absolute Gasteiger partial charge is 0.469 e. The van der Waals surface area contributed by atoms with Gasteiger partial charge in [-0.2, -0.15) is 0 Å². The van der Waals surface area contributed by atoms with Crippen LogP contribution in [-0.4, -0.2) is 35.1 Å². The molecule has 0 bridgehead atoms. The molecule has 2 aliphatic heterocycles. The molecule has 3 atom stereocenters. The molecule has 10 heteroatoms. The fourth-order valence-corrected chi connectivity index (χ4v) is 5.84. The van der Waals surface area contributed by atoms with Gasteiger partial charge in [0.15, 0.2) is 0 Å². The topological polar surface area (TPSA) is 96.5 Å². The average molecular weight is 411 g/mol. The number of hydrogen-bond acceptors (Lipinski definition) is 7. The maximum atomic E-state index is 13.1. The van der Waals surface area contributed by atoms with Gasteiger partial charge in [-0.3, -0.25) is 19.2 Å². The first kappa shape index (κ1) is 17.3. The minimum absolute atomic E-state index is 0.342. The predicted molar refractivity (Wildman–Crippen MR) is 96.8 cm³/mol. The number of halogens is 1. The van der Waals surface area contributed by atoms with Crippen molar-refractivity contribution in [2.45, 2.75) is 16.2 Å². The van der Waals surface area contributed by atoms with Crippen molar-refractivity contribution in [3.05, 3.63) is 43.8 Å². The van der Waals surface area contributed by atoms with Gasteiger partial charge in [-0.05, 0) is 24.3 Å². The lowest BCUT2D eigenvalue weighted by Crippen LogP contribution is -2.35. The maximum absolute atomic E-state index is 13.1. The van der Waals surface area contributed by atoms with Gasteiger partial charge < -0.3 is 9.72 Å². The second-order valence-electron chi connectivity index (χ2n) is 5.76. The second-order valence-corrected chi connectivity index (χ2v) is 8.36. The number of amides is 2. The van der Waals surface area contributed by atoms with Crippen molar-refractivity contribution in [1.82, 2.24) is 4.98 Å². The molecule has 0 radical (unpaired) electrons. The van der Waals surface area contributed by atoms with Gasteiger partial charge in [0.1, 0.15) is 11.2 Å². The number of benzene rings is 1. The summed E-state index contributed by atoms with van der Waals surface area (Å²) in [4.78, 5) is 53.9. The van der Waals surface area contributed by atoms with Gasteiger partial charge in [-0.15, -0.1) is 0 Å². The van der Waals surface area contributed by atoms with Gasteiger partial charge in [0, 0.05) is 5.02 Å². The number of H-pyrrole nitrogens is 1. The van der Waals surface area contributed by atoms with Crippen LogP contribution in [0.1, 0.15) is 10.8 Å². The van der Waals surface area contributed by atoms with Gasteiger partial charge >= 0.3 is 10.8 Å². The van der Waals surface area contributed by atoms with Gasteiger partial charge in [0.05, 0.1) is 28.6 Å². The van der Waals surface area contributed by atoms with Gasteiger partial charge in [-0.25, -0.2) is 4.90 Å². The number of nitrogens with zero attached hydrogens (tertiary/aromatic N) is 1. The van der Waals surface area contributed by atoms with E-state index in [1.165, 1.54) is 7.11 Å². The van der Waals surface area contributed by atoms with Crippen molar-refractivity contribution in [1.29, 1.82) is 0 Å². The molecule has 134 valence electrons. The Morgan fingerprint density at radius 2 is 1.88 bits per heavy atom. The molecule has 2 amide bonds. The molecule has 26 heavy (non-hydrogen) atoms. The third kappa shape index (κ3) is 2.50. The highest BCUT2D eigenvalue weighted by atomic mass is 35.5. The van der Waals surface area contributed by atoms with E-state index >= 15 is 0 Å². The fraction of sp³-hybridized carbons (Fsp3) is 0.250. The van der Waals surface area contributed by atoms with E-state index in [2.05, 4.69) is 4.98 Å². The summed E-state index contributed by atoms with van der Waals surface area (Å²) in [5, 5.41) is 0.114. The summed E-state index contributed by atoms with van der Waals surface area (Å²) in [5.41, 5.74) is 0.389. The van der Waals surface area contributed by atoms with Crippen molar-refractivity contribution in [3.63, 3.8) is 0 Å². The number of thioether (sulfide) groups is 1. The Labute approximate surface area is 160 Å². The molecule has 2 aliphatic rings. The van der Waals surface area contributed by atoms with Crippen LogP contribution in [-0.2, 0) is 19.1 Å². The van der Waals surface area contributed by atoms with E-state index < -0.39 is 34.9 Å². The molecule has 1 saturated heterocycles. The number of rotatable bonds is 2. The van der Waals surface area contributed by atoms with E-state index in [0.717, 1.165) is 28.0 Å². The summed E-state index contributed by atoms with van der Waals surface area (Å²) < 4.78 is 4.85. The number of methoxy groups -OCH3 is 1. The van der Waals surface area contributed by atoms with Crippen LogP contribution in [0.3, 0.4) is 0 Å². The quantitative estimate of drug-likeness (QED) is 0.601. The number of aromatic amines is 1. The molecule has 1 aromatic carbocycles. The molecule has 0 aliphatic carbocycles. The number of aromatic nitrogens is 1. The maximum Gasteiger partial charge on any atom is 0.314 e. The Bertz CT molecular complexity index is 983. The third-order valence-electron chi connectivity index (χ3n) is 4.36. The van der Waals surface area contributed by atoms with E-state index in [9.17, 15) is 19.2 Å². The van der Waals surface area contributed by atoms with Crippen LogP contribution in [0.15, 0.2) is 34.1 Å². The summed E-state index contributed by atoms with van der Waals surface area (Å²) in [6.07, 6.45) is 0. The Balaban J connectivity index is 1.81. The average Bonchev–Trinajstić information content (AvgIpc) is 3.11. The van der Waals surface area contributed by atoms with Gasteiger partial charge in [-0.1, -0.05) is 34.7 Å². The number of anilines is 1. The van der Waals surface area contributed by atoms with E-state index in [1.54, 1.807) is 24.3 Å². The zero-order valence-electron chi connectivity index (χ0n) is 13.2. The van der Waals surface area contributed by atoms with Crippen molar-refractivity contribution >= 4 is 58.2 Å². The van der Waals surface area contributed by atoms with Crippen molar-refractivity contribution in [3.8, 4) is 0 Å².